The van der Waals surface area contributed by atoms with Gasteiger partial charge in [-0.2, -0.15) is 0 Å². The van der Waals surface area contributed by atoms with Gasteiger partial charge in [0.15, 0.2) is 0 Å². The minimum atomic E-state index is -1.07. The van der Waals surface area contributed by atoms with Crippen molar-refractivity contribution in [2.75, 3.05) is 5.75 Å². The van der Waals surface area contributed by atoms with E-state index in [0.717, 1.165) is 10.5 Å². The van der Waals surface area contributed by atoms with Gasteiger partial charge in [0.25, 0.3) is 5.91 Å². The Morgan fingerprint density at radius 3 is 2.36 bits per heavy atom. The molecule has 2 aliphatic rings. The predicted molar refractivity (Wildman–Crippen MR) is 130 cm³/mol. The Labute approximate surface area is 213 Å². The monoisotopic (exact) mass is 518 g/mol. The number of β-lactam (4-membered cyclic amide) rings is 1. The molecule has 11 heteroatoms. The van der Waals surface area contributed by atoms with Crippen molar-refractivity contribution >= 4 is 41.5 Å². The van der Waals surface area contributed by atoms with Crippen molar-refractivity contribution in [2.24, 2.45) is 5.92 Å². The summed E-state index contributed by atoms with van der Waals surface area (Å²) in [6.07, 6.45) is 0.132. The van der Waals surface area contributed by atoms with Crippen molar-refractivity contribution in [3.05, 3.63) is 47.2 Å². The second-order valence-corrected chi connectivity index (χ2v) is 11.0. The average molecular weight is 519 g/mol. The van der Waals surface area contributed by atoms with Gasteiger partial charge in [0, 0.05) is 5.75 Å². The molecule has 194 valence electrons. The summed E-state index contributed by atoms with van der Waals surface area (Å²) < 4.78 is 5.43. The van der Waals surface area contributed by atoms with Gasteiger partial charge in [-0.05, 0) is 32.3 Å². The first-order chi connectivity index (χ1) is 16.9. The number of esters is 1. The van der Waals surface area contributed by atoms with Crippen LogP contribution in [-0.4, -0.2) is 57.4 Å². The van der Waals surface area contributed by atoms with E-state index in [1.165, 1.54) is 11.8 Å². The number of carbonyl (C=O) groups excluding carboxylic acids is 5. The van der Waals surface area contributed by atoms with E-state index in [2.05, 4.69) is 15.1 Å². The Balaban J connectivity index is 1.77. The Hall–Kier alpha value is -3.34. The lowest BCUT2D eigenvalue weighted by Gasteiger charge is -2.49. The largest absolute Gasteiger partial charge is 0.455 e. The lowest BCUT2D eigenvalue weighted by molar-refractivity contribution is -0.256. The molecule has 0 radical (unpaired) electrons. The number of ether oxygens (including phenoxy) is 1. The summed E-state index contributed by atoms with van der Waals surface area (Å²) in [6.45, 7) is 8.55. The number of rotatable bonds is 7. The highest BCUT2D eigenvalue weighted by atomic mass is 32.2. The van der Waals surface area contributed by atoms with Crippen molar-refractivity contribution in [3.8, 4) is 0 Å². The molecule has 1 fully saturated rings. The maximum atomic E-state index is 13.0. The van der Waals surface area contributed by atoms with Crippen LogP contribution in [0.1, 0.15) is 46.6 Å². The molecule has 1 saturated heterocycles. The van der Waals surface area contributed by atoms with Gasteiger partial charge in [0.1, 0.15) is 22.7 Å². The topological polar surface area (TPSA) is 128 Å². The first-order valence-corrected chi connectivity index (χ1v) is 12.6. The number of hydrogen-bond donors (Lipinski definition) is 1. The van der Waals surface area contributed by atoms with Crippen molar-refractivity contribution in [1.82, 2.24) is 10.2 Å². The molecule has 1 unspecified atom stereocenters. The fourth-order valence-corrected chi connectivity index (χ4v) is 4.93. The Bertz CT molecular complexity index is 1080. The quantitative estimate of drug-likeness (QED) is 0.250. The van der Waals surface area contributed by atoms with Crippen LogP contribution in [0.2, 0.25) is 0 Å². The molecule has 2 heterocycles. The van der Waals surface area contributed by atoms with Crippen LogP contribution < -0.4 is 5.32 Å². The molecular formula is C25H30N2O8S. The molecule has 0 aromatic heterocycles. The Morgan fingerprint density at radius 1 is 1.08 bits per heavy atom. The minimum absolute atomic E-state index is 0.00789. The molecular weight excluding hydrogens is 488 g/mol. The first-order valence-electron chi connectivity index (χ1n) is 11.5. The van der Waals surface area contributed by atoms with E-state index >= 15 is 0 Å². The number of thioether (sulfide) groups is 1. The highest BCUT2D eigenvalue weighted by molar-refractivity contribution is 8.00. The molecule has 2 amide bonds. The maximum Gasteiger partial charge on any atom is 0.385 e. The fraction of sp³-hybridized carbons (Fsp3) is 0.480. The van der Waals surface area contributed by atoms with Crippen LogP contribution >= 0.6 is 11.8 Å². The van der Waals surface area contributed by atoms with Gasteiger partial charge in [-0.3, -0.25) is 14.5 Å². The molecule has 1 N–H and O–H groups in total. The number of fused-ring (bicyclic) bond motifs is 1. The van der Waals surface area contributed by atoms with Crippen LogP contribution in [0.3, 0.4) is 0 Å². The number of hydrogen-bond acceptors (Lipinski definition) is 9. The number of nitrogens with one attached hydrogen (secondary N) is 1. The normalized spacial score (nSPS) is 19.3. The zero-order valence-electron chi connectivity index (χ0n) is 20.9. The molecule has 0 bridgehead atoms. The van der Waals surface area contributed by atoms with Gasteiger partial charge in [-0.25, -0.2) is 24.2 Å². The number of amides is 2. The fourth-order valence-electron chi connectivity index (χ4n) is 3.60. The number of benzene rings is 1. The van der Waals surface area contributed by atoms with Gasteiger partial charge < -0.3 is 10.1 Å². The van der Waals surface area contributed by atoms with Crippen molar-refractivity contribution in [1.29, 1.82) is 0 Å². The van der Waals surface area contributed by atoms with Crippen LogP contribution in [-0.2, 0) is 44.9 Å². The van der Waals surface area contributed by atoms with Gasteiger partial charge in [0.05, 0.1) is 18.4 Å². The van der Waals surface area contributed by atoms with E-state index in [-0.39, 0.29) is 41.7 Å². The molecule has 10 nitrogen and oxygen atoms in total. The summed E-state index contributed by atoms with van der Waals surface area (Å²) in [5, 5.41) is 2.10. The summed E-state index contributed by atoms with van der Waals surface area (Å²) >= 11 is 1.18. The summed E-state index contributed by atoms with van der Waals surface area (Å²) in [6, 6.07) is 8.21. The van der Waals surface area contributed by atoms with Crippen LogP contribution in [0.5, 0.6) is 0 Å². The van der Waals surface area contributed by atoms with E-state index in [1.54, 1.807) is 46.8 Å². The zero-order chi connectivity index (χ0) is 26.6. The molecule has 3 rings (SSSR count). The van der Waals surface area contributed by atoms with Crippen LogP contribution in [0.25, 0.3) is 0 Å². The van der Waals surface area contributed by atoms with Crippen molar-refractivity contribution < 1.29 is 38.5 Å². The van der Waals surface area contributed by atoms with E-state index < -0.39 is 40.8 Å². The Kier molecular flexibility index (Phi) is 8.44. The molecule has 36 heavy (non-hydrogen) atoms. The predicted octanol–water partition coefficient (Wildman–Crippen LogP) is 2.27. The molecule has 1 aromatic carbocycles. The highest BCUT2D eigenvalue weighted by Crippen LogP contribution is 2.41. The van der Waals surface area contributed by atoms with E-state index in [1.807, 2.05) is 18.2 Å². The molecule has 0 spiro atoms. The third-order valence-corrected chi connectivity index (χ3v) is 6.40. The van der Waals surface area contributed by atoms with Gasteiger partial charge in [-0.1, -0.05) is 44.2 Å². The first kappa shape index (κ1) is 27.3. The third kappa shape index (κ3) is 6.66. The lowest BCUT2D eigenvalue weighted by Crippen LogP contribution is -2.71. The average Bonchev–Trinajstić information content (AvgIpc) is 2.79. The van der Waals surface area contributed by atoms with Crippen molar-refractivity contribution in [3.63, 3.8) is 0 Å². The standard InChI is InChI=1S/C25H30N2O8S/c1-14(2)11-18(29)34-35-23(31)16-13-36-22-19(26-17(28)12-15-9-7-6-8-10-15)21(30)27(22)20(16)24(32)33-25(3,4)5/h6-10,14,19,22H,11-13H2,1-5H3,(H,26,28)/t19?,22-/m1/s1. The summed E-state index contributed by atoms with van der Waals surface area (Å²) in [5.74, 6) is -3.62. The van der Waals surface area contributed by atoms with E-state index in [9.17, 15) is 24.0 Å². The van der Waals surface area contributed by atoms with Crippen LogP contribution in [0.15, 0.2) is 41.6 Å². The van der Waals surface area contributed by atoms with Gasteiger partial charge in [-0.15, -0.1) is 11.8 Å². The van der Waals surface area contributed by atoms with Crippen LogP contribution in [0.4, 0.5) is 0 Å². The molecule has 1 aromatic rings. The minimum Gasteiger partial charge on any atom is -0.455 e. The third-order valence-electron chi connectivity index (χ3n) is 5.12. The Morgan fingerprint density at radius 2 is 1.75 bits per heavy atom. The smallest absolute Gasteiger partial charge is 0.385 e. The SMILES string of the molecule is CC(C)CC(=O)OOC(=O)C1=C(C(=O)OC(C)(C)C)N2C(=O)C(NC(=O)Cc3ccccc3)[C@H]2SC1. The molecule has 2 atom stereocenters. The maximum absolute atomic E-state index is 13.0. The summed E-state index contributed by atoms with van der Waals surface area (Å²) in [5.41, 5.74) is -0.552. The summed E-state index contributed by atoms with van der Waals surface area (Å²) in [4.78, 5) is 73.5. The lowest BCUT2D eigenvalue weighted by atomic mass is 10.0. The number of carbonyl (C=O) groups is 5. The van der Waals surface area contributed by atoms with E-state index in [0.29, 0.717) is 0 Å². The highest BCUT2D eigenvalue weighted by Gasteiger charge is 2.55. The molecule has 0 saturated carbocycles. The van der Waals surface area contributed by atoms with Crippen molar-refractivity contribution in [2.45, 2.75) is 64.5 Å². The summed E-state index contributed by atoms with van der Waals surface area (Å²) in [7, 11) is 0. The molecule has 0 aliphatic carbocycles. The van der Waals surface area contributed by atoms with Crippen LogP contribution in [0, 0.1) is 5.92 Å². The number of nitrogens with zero attached hydrogens (tertiary/aromatic N) is 1. The van der Waals surface area contributed by atoms with Gasteiger partial charge in [0.2, 0.25) is 5.91 Å². The second-order valence-electron chi connectivity index (χ2n) is 9.87. The second kappa shape index (κ2) is 11.2. The zero-order valence-corrected chi connectivity index (χ0v) is 21.7. The van der Waals surface area contributed by atoms with E-state index in [4.69, 9.17) is 4.74 Å². The molecule has 2 aliphatic heterocycles. The van der Waals surface area contributed by atoms with Gasteiger partial charge >= 0.3 is 17.9 Å².